The van der Waals surface area contributed by atoms with Crippen LogP contribution in [0.3, 0.4) is 0 Å². The van der Waals surface area contributed by atoms with Crippen molar-refractivity contribution in [2.75, 3.05) is 7.11 Å². The first kappa shape index (κ1) is 13.6. The Balaban J connectivity index is 2.35. The summed E-state index contributed by atoms with van der Waals surface area (Å²) in [7, 11) is 1.37. The van der Waals surface area contributed by atoms with E-state index in [9.17, 15) is 4.79 Å². The molecule has 2 aromatic carbocycles. The topological polar surface area (TPSA) is 26.3 Å². The van der Waals surface area contributed by atoms with Gasteiger partial charge in [0.05, 0.1) is 12.7 Å². The summed E-state index contributed by atoms with van der Waals surface area (Å²) in [5.74, 6) is 5.81. The monoisotopic (exact) mass is 362 g/mol. The quantitative estimate of drug-likeness (QED) is 0.441. The van der Waals surface area contributed by atoms with Gasteiger partial charge in [0.25, 0.3) is 0 Å². The van der Waals surface area contributed by atoms with Gasteiger partial charge in [0, 0.05) is 14.7 Å². The molecule has 0 atom stereocenters. The normalized spacial score (nSPS) is 9.37. The van der Waals surface area contributed by atoms with E-state index >= 15 is 0 Å². The number of benzene rings is 2. The van der Waals surface area contributed by atoms with Crippen LogP contribution in [0.4, 0.5) is 0 Å². The SMILES string of the molecule is COC(=O)c1ccc(I)c(C#Cc2ccccc2)c1. The first-order valence-electron chi connectivity index (χ1n) is 5.65. The van der Waals surface area contributed by atoms with Crippen LogP contribution in [0.2, 0.25) is 0 Å². The van der Waals surface area contributed by atoms with Gasteiger partial charge < -0.3 is 4.74 Å². The van der Waals surface area contributed by atoms with E-state index in [1.54, 1.807) is 12.1 Å². The van der Waals surface area contributed by atoms with Crippen LogP contribution >= 0.6 is 22.6 Å². The van der Waals surface area contributed by atoms with Crippen molar-refractivity contribution in [2.45, 2.75) is 0 Å². The number of hydrogen-bond acceptors (Lipinski definition) is 2. The Labute approximate surface area is 125 Å². The zero-order chi connectivity index (χ0) is 13.7. The maximum Gasteiger partial charge on any atom is 0.337 e. The van der Waals surface area contributed by atoms with E-state index in [4.69, 9.17) is 4.74 Å². The Kier molecular flexibility index (Phi) is 4.58. The van der Waals surface area contributed by atoms with Crippen molar-refractivity contribution in [3.63, 3.8) is 0 Å². The summed E-state index contributed by atoms with van der Waals surface area (Å²) in [4.78, 5) is 11.5. The summed E-state index contributed by atoms with van der Waals surface area (Å²) in [6, 6.07) is 15.1. The average Bonchev–Trinajstić information content (AvgIpc) is 2.46. The molecule has 0 unspecified atom stereocenters. The van der Waals surface area contributed by atoms with Gasteiger partial charge >= 0.3 is 5.97 Å². The van der Waals surface area contributed by atoms with Gasteiger partial charge in [-0.15, -0.1) is 0 Å². The molecule has 2 rings (SSSR count). The molecule has 0 aliphatic carbocycles. The summed E-state index contributed by atoms with van der Waals surface area (Å²) in [6.07, 6.45) is 0. The highest BCUT2D eigenvalue weighted by Crippen LogP contribution is 2.14. The molecule has 0 bridgehead atoms. The van der Waals surface area contributed by atoms with Crippen LogP contribution < -0.4 is 0 Å². The highest BCUT2D eigenvalue weighted by molar-refractivity contribution is 14.1. The molecule has 0 aliphatic heterocycles. The molecular weight excluding hydrogens is 351 g/mol. The predicted octanol–water partition coefficient (Wildman–Crippen LogP) is 3.48. The van der Waals surface area contributed by atoms with Gasteiger partial charge in [0.15, 0.2) is 0 Å². The van der Waals surface area contributed by atoms with Gasteiger partial charge in [0.1, 0.15) is 0 Å². The van der Waals surface area contributed by atoms with Crippen molar-refractivity contribution >= 4 is 28.6 Å². The van der Waals surface area contributed by atoms with Gasteiger partial charge in [0.2, 0.25) is 0 Å². The fourth-order valence-electron chi connectivity index (χ4n) is 1.53. The number of esters is 1. The van der Waals surface area contributed by atoms with Crippen molar-refractivity contribution in [3.8, 4) is 11.8 Å². The molecule has 19 heavy (non-hydrogen) atoms. The van der Waals surface area contributed by atoms with Crippen molar-refractivity contribution in [3.05, 3.63) is 68.8 Å². The lowest BCUT2D eigenvalue weighted by molar-refractivity contribution is 0.0600. The Bertz CT molecular complexity index is 651. The summed E-state index contributed by atoms with van der Waals surface area (Å²) < 4.78 is 5.71. The number of hydrogen-bond donors (Lipinski definition) is 0. The number of carbonyl (C=O) groups excluding carboxylic acids is 1. The molecule has 0 amide bonds. The largest absolute Gasteiger partial charge is 0.465 e. The molecular formula is C16H11IO2. The van der Waals surface area contributed by atoms with Crippen LogP contribution in [0.1, 0.15) is 21.5 Å². The van der Waals surface area contributed by atoms with Gasteiger partial charge in [-0.3, -0.25) is 0 Å². The minimum absolute atomic E-state index is 0.348. The third-order valence-electron chi connectivity index (χ3n) is 2.50. The average molecular weight is 362 g/mol. The van der Waals surface area contributed by atoms with E-state index in [0.717, 1.165) is 14.7 Å². The Morgan fingerprint density at radius 2 is 1.84 bits per heavy atom. The van der Waals surface area contributed by atoms with Crippen LogP contribution in [-0.4, -0.2) is 13.1 Å². The zero-order valence-electron chi connectivity index (χ0n) is 10.3. The first-order chi connectivity index (χ1) is 9.20. The molecule has 0 aromatic heterocycles. The maximum absolute atomic E-state index is 11.5. The highest BCUT2D eigenvalue weighted by Gasteiger charge is 2.07. The second kappa shape index (κ2) is 6.39. The first-order valence-corrected chi connectivity index (χ1v) is 6.73. The van der Waals surface area contributed by atoms with Crippen LogP contribution in [0.15, 0.2) is 48.5 Å². The molecule has 2 aromatic rings. The van der Waals surface area contributed by atoms with Crippen molar-refractivity contribution in [1.29, 1.82) is 0 Å². The van der Waals surface area contributed by atoms with E-state index in [2.05, 4.69) is 34.4 Å². The molecule has 2 nitrogen and oxygen atoms in total. The molecule has 94 valence electrons. The van der Waals surface area contributed by atoms with Crippen molar-refractivity contribution < 1.29 is 9.53 Å². The Hall–Kier alpha value is -1.80. The fraction of sp³-hybridized carbons (Fsp3) is 0.0625. The van der Waals surface area contributed by atoms with Crippen LogP contribution in [0.25, 0.3) is 0 Å². The Morgan fingerprint density at radius 1 is 1.11 bits per heavy atom. The van der Waals surface area contributed by atoms with E-state index in [0.29, 0.717) is 5.56 Å². The molecule has 0 aliphatic rings. The van der Waals surface area contributed by atoms with Crippen LogP contribution in [-0.2, 0) is 4.74 Å². The minimum atomic E-state index is -0.348. The fourth-order valence-corrected chi connectivity index (χ4v) is 2.00. The predicted molar refractivity (Wildman–Crippen MR) is 82.9 cm³/mol. The van der Waals surface area contributed by atoms with Crippen molar-refractivity contribution in [1.82, 2.24) is 0 Å². The lowest BCUT2D eigenvalue weighted by atomic mass is 10.1. The van der Waals surface area contributed by atoms with E-state index < -0.39 is 0 Å². The molecule has 0 saturated carbocycles. The minimum Gasteiger partial charge on any atom is -0.465 e. The lowest BCUT2D eigenvalue weighted by Crippen LogP contribution is -2.01. The summed E-state index contributed by atoms with van der Waals surface area (Å²) in [5, 5.41) is 0. The molecule has 3 heteroatoms. The van der Waals surface area contributed by atoms with Crippen molar-refractivity contribution in [2.24, 2.45) is 0 Å². The van der Waals surface area contributed by atoms with Crippen LogP contribution in [0, 0.1) is 15.4 Å². The molecule has 0 N–H and O–H groups in total. The van der Waals surface area contributed by atoms with E-state index in [-0.39, 0.29) is 5.97 Å². The third-order valence-corrected chi connectivity index (χ3v) is 3.44. The lowest BCUT2D eigenvalue weighted by Gasteiger charge is -2.01. The standard InChI is InChI=1S/C16H11IO2/c1-19-16(18)14-9-10-15(17)13(11-14)8-7-12-5-3-2-4-6-12/h2-6,9-11H,1H3. The van der Waals surface area contributed by atoms with Crippen LogP contribution in [0.5, 0.6) is 0 Å². The second-order valence-corrected chi connectivity index (χ2v) is 4.96. The number of rotatable bonds is 1. The Morgan fingerprint density at radius 3 is 2.53 bits per heavy atom. The van der Waals surface area contributed by atoms with Gasteiger partial charge in [-0.25, -0.2) is 4.79 Å². The number of carbonyl (C=O) groups is 1. The number of methoxy groups -OCH3 is 1. The summed E-state index contributed by atoms with van der Waals surface area (Å²) in [6.45, 7) is 0. The third kappa shape index (κ3) is 3.58. The van der Waals surface area contributed by atoms with Gasteiger partial charge in [-0.2, -0.15) is 0 Å². The molecule has 0 fully saturated rings. The summed E-state index contributed by atoms with van der Waals surface area (Å²) >= 11 is 2.20. The smallest absolute Gasteiger partial charge is 0.337 e. The van der Waals surface area contributed by atoms with Gasteiger partial charge in [-0.1, -0.05) is 30.0 Å². The molecule has 0 heterocycles. The molecule has 0 spiro atoms. The number of ether oxygens (including phenoxy) is 1. The molecule has 0 saturated heterocycles. The second-order valence-electron chi connectivity index (χ2n) is 3.80. The zero-order valence-corrected chi connectivity index (χ0v) is 12.5. The number of halogens is 1. The van der Waals surface area contributed by atoms with E-state index in [1.165, 1.54) is 7.11 Å². The maximum atomic E-state index is 11.5. The highest BCUT2D eigenvalue weighted by atomic mass is 127. The summed E-state index contributed by atoms with van der Waals surface area (Å²) in [5.41, 5.74) is 2.29. The van der Waals surface area contributed by atoms with Gasteiger partial charge in [-0.05, 0) is 52.9 Å². The molecule has 0 radical (unpaired) electrons. The van der Waals surface area contributed by atoms with E-state index in [1.807, 2.05) is 36.4 Å².